The number of ether oxygens (including phenoxy) is 1. The molecule has 1 heterocycles. The van der Waals surface area contributed by atoms with E-state index in [2.05, 4.69) is 20.2 Å². The van der Waals surface area contributed by atoms with Crippen molar-refractivity contribution in [1.82, 2.24) is 20.2 Å². The van der Waals surface area contributed by atoms with Crippen LogP contribution < -0.4 is 0 Å². The van der Waals surface area contributed by atoms with Gasteiger partial charge in [-0.15, -0.1) is 5.10 Å². The highest BCUT2D eigenvalue weighted by Crippen LogP contribution is 2.60. The van der Waals surface area contributed by atoms with Crippen molar-refractivity contribution in [3.05, 3.63) is 5.82 Å². The first kappa shape index (κ1) is 12.7. The fraction of sp³-hybridized carbons (Fsp3) is 0.933. The van der Waals surface area contributed by atoms with Crippen LogP contribution in [0.5, 0.6) is 0 Å². The van der Waals surface area contributed by atoms with E-state index in [-0.39, 0.29) is 0 Å². The third kappa shape index (κ3) is 2.16. The Balaban J connectivity index is 1.52. The van der Waals surface area contributed by atoms with Gasteiger partial charge in [0, 0.05) is 13.5 Å². The molecule has 1 aromatic rings. The van der Waals surface area contributed by atoms with Gasteiger partial charge < -0.3 is 4.74 Å². The highest BCUT2D eigenvalue weighted by Gasteiger charge is 2.51. The van der Waals surface area contributed by atoms with Gasteiger partial charge in [-0.25, -0.2) is 4.68 Å². The standard InChI is InChI=1S/C15H24N4O/c1-20-3-2-14-16-17-18-19(14)10-15-7-11-4-12(8-15)6-13(5-11)9-15/h11-13H,2-10H2,1H3. The zero-order valence-electron chi connectivity index (χ0n) is 12.3. The van der Waals surface area contributed by atoms with Crippen molar-refractivity contribution in [3.8, 4) is 0 Å². The number of tetrazole rings is 1. The maximum atomic E-state index is 5.16. The van der Waals surface area contributed by atoms with Gasteiger partial charge in [0.2, 0.25) is 0 Å². The van der Waals surface area contributed by atoms with Gasteiger partial charge in [0.1, 0.15) is 0 Å². The van der Waals surface area contributed by atoms with Crippen LogP contribution in [0.2, 0.25) is 0 Å². The minimum atomic E-state index is 0.492. The first-order chi connectivity index (χ1) is 9.76. The second-order valence-corrected chi connectivity index (χ2v) is 7.41. The Morgan fingerprint density at radius 2 is 1.80 bits per heavy atom. The Hall–Kier alpha value is -0.970. The summed E-state index contributed by atoms with van der Waals surface area (Å²) in [6.07, 6.45) is 9.51. The molecule has 4 bridgehead atoms. The zero-order chi connectivity index (χ0) is 13.6. The molecule has 0 atom stereocenters. The van der Waals surface area contributed by atoms with Gasteiger partial charge in [0.25, 0.3) is 0 Å². The van der Waals surface area contributed by atoms with Crippen LogP contribution in [0.1, 0.15) is 44.3 Å². The zero-order valence-corrected chi connectivity index (χ0v) is 12.3. The molecule has 4 aliphatic carbocycles. The largest absolute Gasteiger partial charge is 0.384 e. The monoisotopic (exact) mass is 276 g/mol. The Kier molecular flexibility index (Phi) is 3.05. The normalized spacial score (nSPS) is 38.5. The lowest BCUT2D eigenvalue weighted by atomic mass is 9.49. The molecule has 110 valence electrons. The van der Waals surface area contributed by atoms with E-state index in [0.29, 0.717) is 12.0 Å². The van der Waals surface area contributed by atoms with Gasteiger partial charge in [-0.1, -0.05) is 0 Å². The average molecular weight is 276 g/mol. The number of methoxy groups -OCH3 is 1. The molecule has 0 unspecified atom stereocenters. The molecule has 4 aliphatic rings. The summed E-state index contributed by atoms with van der Waals surface area (Å²) in [5.74, 6) is 3.95. The SMILES string of the molecule is COCCc1nnnn1CC12CC3CC(CC(C3)C1)C2. The van der Waals surface area contributed by atoms with Crippen LogP contribution >= 0.6 is 0 Å². The van der Waals surface area contributed by atoms with Crippen molar-refractivity contribution >= 4 is 0 Å². The van der Waals surface area contributed by atoms with E-state index in [9.17, 15) is 0 Å². The molecule has 0 saturated heterocycles. The predicted octanol–water partition coefficient (Wildman–Crippen LogP) is 2.08. The fourth-order valence-electron chi connectivity index (χ4n) is 5.52. The van der Waals surface area contributed by atoms with E-state index < -0.39 is 0 Å². The number of hydrogen-bond donors (Lipinski definition) is 0. The quantitative estimate of drug-likeness (QED) is 0.826. The first-order valence-electron chi connectivity index (χ1n) is 8.00. The summed E-state index contributed by atoms with van der Waals surface area (Å²) in [7, 11) is 1.73. The molecule has 4 fully saturated rings. The molecule has 1 aromatic heterocycles. The number of aromatic nitrogens is 4. The third-order valence-electron chi connectivity index (χ3n) is 5.79. The van der Waals surface area contributed by atoms with E-state index in [0.717, 1.165) is 36.5 Å². The van der Waals surface area contributed by atoms with Crippen molar-refractivity contribution < 1.29 is 4.74 Å². The van der Waals surface area contributed by atoms with Crippen LogP contribution in [0.4, 0.5) is 0 Å². The van der Waals surface area contributed by atoms with Gasteiger partial charge >= 0.3 is 0 Å². The van der Waals surface area contributed by atoms with Gasteiger partial charge in [0.05, 0.1) is 13.2 Å². The second kappa shape index (κ2) is 4.79. The fourth-order valence-corrected chi connectivity index (χ4v) is 5.52. The predicted molar refractivity (Wildman–Crippen MR) is 74.0 cm³/mol. The maximum absolute atomic E-state index is 5.16. The van der Waals surface area contributed by atoms with E-state index >= 15 is 0 Å². The molecule has 4 saturated carbocycles. The van der Waals surface area contributed by atoms with Crippen LogP contribution in [0.3, 0.4) is 0 Å². The molecule has 5 heteroatoms. The van der Waals surface area contributed by atoms with Crippen LogP contribution in [0.25, 0.3) is 0 Å². The molecule has 0 aromatic carbocycles. The molecule has 5 nitrogen and oxygen atoms in total. The minimum Gasteiger partial charge on any atom is -0.384 e. The molecule has 0 N–H and O–H groups in total. The smallest absolute Gasteiger partial charge is 0.153 e. The van der Waals surface area contributed by atoms with E-state index in [1.54, 1.807) is 7.11 Å². The Morgan fingerprint density at radius 1 is 1.15 bits per heavy atom. The lowest BCUT2D eigenvalue weighted by molar-refractivity contribution is -0.0642. The van der Waals surface area contributed by atoms with Gasteiger partial charge in [-0.05, 0) is 72.1 Å². The third-order valence-corrected chi connectivity index (χ3v) is 5.79. The number of hydrogen-bond acceptors (Lipinski definition) is 4. The number of nitrogens with zero attached hydrogens (tertiary/aromatic N) is 4. The topological polar surface area (TPSA) is 52.8 Å². The first-order valence-corrected chi connectivity index (χ1v) is 8.00. The summed E-state index contributed by atoms with van der Waals surface area (Å²) in [4.78, 5) is 0. The number of rotatable bonds is 5. The summed E-state index contributed by atoms with van der Waals surface area (Å²) >= 11 is 0. The second-order valence-electron chi connectivity index (χ2n) is 7.41. The van der Waals surface area contributed by atoms with Gasteiger partial charge in [0.15, 0.2) is 5.82 Å². The van der Waals surface area contributed by atoms with Crippen molar-refractivity contribution in [2.45, 2.75) is 51.5 Å². The van der Waals surface area contributed by atoms with Crippen LogP contribution in [-0.4, -0.2) is 33.9 Å². The highest BCUT2D eigenvalue weighted by atomic mass is 16.5. The Morgan fingerprint density at radius 3 is 2.40 bits per heavy atom. The molecule has 0 spiro atoms. The summed E-state index contributed by atoms with van der Waals surface area (Å²) < 4.78 is 7.22. The lowest BCUT2D eigenvalue weighted by Crippen LogP contribution is -2.48. The van der Waals surface area contributed by atoms with Crippen LogP contribution in [0, 0.1) is 23.2 Å². The van der Waals surface area contributed by atoms with Crippen molar-refractivity contribution in [2.24, 2.45) is 23.2 Å². The maximum Gasteiger partial charge on any atom is 0.153 e. The van der Waals surface area contributed by atoms with Crippen LogP contribution in [-0.2, 0) is 17.7 Å². The molecule has 0 aliphatic heterocycles. The average Bonchev–Trinajstić information content (AvgIpc) is 2.81. The summed E-state index contributed by atoms with van der Waals surface area (Å²) in [6.45, 7) is 1.73. The molecule has 0 radical (unpaired) electrons. The highest BCUT2D eigenvalue weighted by molar-refractivity contribution is 5.01. The van der Waals surface area contributed by atoms with Gasteiger partial charge in [-0.3, -0.25) is 0 Å². The van der Waals surface area contributed by atoms with Crippen molar-refractivity contribution in [1.29, 1.82) is 0 Å². The molecule has 20 heavy (non-hydrogen) atoms. The minimum absolute atomic E-state index is 0.492. The van der Waals surface area contributed by atoms with Crippen molar-refractivity contribution in [2.75, 3.05) is 13.7 Å². The van der Waals surface area contributed by atoms with Gasteiger partial charge in [-0.2, -0.15) is 0 Å². The Bertz CT molecular complexity index is 449. The lowest BCUT2D eigenvalue weighted by Gasteiger charge is -2.56. The summed E-state index contributed by atoms with van der Waals surface area (Å²) in [6, 6.07) is 0. The van der Waals surface area contributed by atoms with Crippen LogP contribution in [0.15, 0.2) is 0 Å². The van der Waals surface area contributed by atoms with E-state index in [1.165, 1.54) is 38.5 Å². The summed E-state index contributed by atoms with van der Waals surface area (Å²) in [5, 5.41) is 12.3. The van der Waals surface area contributed by atoms with Crippen molar-refractivity contribution in [3.63, 3.8) is 0 Å². The Labute approximate surface area is 120 Å². The molecule has 5 rings (SSSR count). The summed E-state index contributed by atoms with van der Waals surface area (Å²) in [5.41, 5.74) is 0.492. The van der Waals surface area contributed by atoms with E-state index in [1.807, 2.05) is 0 Å². The molecular formula is C15H24N4O. The molecular weight excluding hydrogens is 252 g/mol. The molecule has 0 amide bonds. The van der Waals surface area contributed by atoms with E-state index in [4.69, 9.17) is 4.74 Å².